The van der Waals surface area contributed by atoms with Gasteiger partial charge in [-0.05, 0) is 36.7 Å². The monoisotopic (exact) mass is 278 g/mol. The van der Waals surface area contributed by atoms with Crippen LogP contribution < -0.4 is 5.32 Å². The maximum atomic E-state index is 5.52. The number of alkyl halides is 1. The molecule has 0 spiro atoms. The van der Waals surface area contributed by atoms with Crippen LogP contribution in [0.5, 0.6) is 0 Å². The van der Waals surface area contributed by atoms with E-state index in [1.807, 2.05) is 12.3 Å². The van der Waals surface area contributed by atoms with E-state index in [0.717, 1.165) is 31.6 Å². The Morgan fingerprint density at radius 3 is 3.05 bits per heavy atom. The van der Waals surface area contributed by atoms with Crippen LogP contribution in [0.4, 0.5) is 0 Å². The molecule has 2 rings (SSSR count). The highest BCUT2D eigenvalue weighted by Gasteiger charge is 1.97. The smallest absolute Gasteiger partial charge is 0.0702 e. The second-order valence-corrected chi connectivity index (χ2v) is 4.74. The summed E-state index contributed by atoms with van der Waals surface area (Å²) in [4.78, 5) is 4.31. The van der Waals surface area contributed by atoms with E-state index in [0.29, 0.717) is 12.5 Å². The van der Waals surface area contributed by atoms with E-state index in [-0.39, 0.29) is 0 Å². The highest BCUT2D eigenvalue weighted by Crippen LogP contribution is 2.12. The summed E-state index contributed by atoms with van der Waals surface area (Å²) in [6, 6.07) is 10.4. The van der Waals surface area contributed by atoms with Crippen molar-refractivity contribution in [2.45, 2.75) is 13.0 Å². The Morgan fingerprint density at radius 1 is 1.21 bits per heavy atom. The van der Waals surface area contributed by atoms with Crippen molar-refractivity contribution in [3.05, 3.63) is 42.1 Å². The maximum Gasteiger partial charge on any atom is 0.0702 e. The minimum atomic E-state index is 0.568. The third-order valence-corrected chi connectivity index (χ3v) is 3.01. The summed E-state index contributed by atoms with van der Waals surface area (Å²) in [6.45, 7) is 3.23. The van der Waals surface area contributed by atoms with Gasteiger partial charge in [-0.2, -0.15) is 0 Å². The lowest BCUT2D eigenvalue weighted by molar-refractivity contribution is 0.146. The van der Waals surface area contributed by atoms with E-state index in [9.17, 15) is 0 Å². The number of ether oxygens (including phenoxy) is 1. The van der Waals surface area contributed by atoms with Crippen molar-refractivity contribution in [3.63, 3.8) is 0 Å². The van der Waals surface area contributed by atoms with Crippen molar-refractivity contribution >= 4 is 22.5 Å². The fourth-order valence-electron chi connectivity index (χ4n) is 1.92. The molecule has 0 aliphatic carbocycles. The van der Waals surface area contributed by atoms with E-state index in [4.69, 9.17) is 16.3 Å². The van der Waals surface area contributed by atoms with Crippen molar-refractivity contribution in [2.24, 2.45) is 0 Å². The molecule has 0 fully saturated rings. The minimum Gasteiger partial charge on any atom is -0.380 e. The maximum absolute atomic E-state index is 5.52. The van der Waals surface area contributed by atoms with Gasteiger partial charge in [0.1, 0.15) is 0 Å². The molecule has 0 aliphatic heterocycles. The average molecular weight is 279 g/mol. The molecule has 2 aromatic rings. The zero-order valence-electron chi connectivity index (χ0n) is 10.9. The SMILES string of the molecule is ClCCOCCCNCc1ccc2ncccc2c1. The Hall–Kier alpha value is -1.16. The molecule has 0 saturated carbocycles. The largest absolute Gasteiger partial charge is 0.380 e. The molecule has 19 heavy (non-hydrogen) atoms. The molecule has 1 N–H and O–H groups in total. The minimum absolute atomic E-state index is 0.568. The molecule has 0 atom stereocenters. The van der Waals surface area contributed by atoms with Crippen molar-refractivity contribution in [3.8, 4) is 0 Å². The summed E-state index contributed by atoms with van der Waals surface area (Å²) in [7, 11) is 0. The summed E-state index contributed by atoms with van der Waals surface area (Å²) in [5.41, 5.74) is 2.32. The van der Waals surface area contributed by atoms with Gasteiger partial charge in [0.05, 0.1) is 12.1 Å². The van der Waals surface area contributed by atoms with Gasteiger partial charge in [-0.3, -0.25) is 4.98 Å². The molecule has 0 amide bonds. The third-order valence-electron chi connectivity index (χ3n) is 2.86. The Balaban J connectivity index is 1.72. The number of benzene rings is 1. The molecule has 102 valence electrons. The Bertz CT molecular complexity index is 504. The predicted molar refractivity (Wildman–Crippen MR) is 79.6 cm³/mol. The molecule has 0 saturated heterocycles. The number of halogens is 1. The molecule has 0 radical (unpaired) electrons. The van der Waals surface area contributed by atoms with Crippen LogP contribution in [0.15, 0.2) is 36.5 Å². The van der Waals surface area contributed by atoms with Gasteiger partial charge in [0, 0.05) is 30.6 Å². The summed E-state index contributed by atoms with van der Waals surface area (Å²) < 4.78 is 5.31. The normalized spacial score (nSPS) is 11.0. The number of pyridine rings is 1. The van der Waals surface area contributed by atoms with Gasteiger partial charge in [-0.15, -0.1) is 11.6 Å². The van der Waals surface area contributed by atoms with Crippen molar-refractivity contribution in [1.29, 1.82) is 0 Å². The lowest BCUT2D eigenvalue weighted by Crippen LogP contribution is -2.16. The quantitative estimate of drug-likeness (QED) is 0.595. The fourth-order valence-corrected chi connectivity index (χ4v) is 2.03. The van der Waals surface area contributed by atoms with Crippen LogP contribution in [-0.2, 0) is 11.3 Å². The third kappa shape index (κ3) is 4.78. The Kier molecular flexibility index (Phi) is 6.08. The van der Waals surface area contributed by atoms with E-state index >= 15 is 0 Å². The van der Waals surface area contributed by atoms with Crippen LogP contribution in [0, 0.1) is 0 Å². The van der Waals surface area contributed by atoms with E-state index in [1.165, 1.54) is 10.9 Å². The fraction of sp³-hybridized carbons (Fsp3) is 0.400. The predicted octanol–water partition coefficient (Wildman–Crippen LogP) is 2.97. The number of aromatic nitrogens is 1. The van der Waals surface area contributed by atoms with Gasteiger partial charge < -0.3 is 10.1 Å². The Morgan fingerprint density at radius 2 is 2.16 bits per heavy atom. The molecule has 0 aliphatic rings. The van der Waals surface area contributed by atoms with Gasteiger partial charge in [-0.25, -0.2) is 0 Å². The summed E-state index contributed by atoms with van der Waals surface area (Å²) in [6.07, 6.45) is 2.83. The van der Waals surface area contributed by atoms with Crippen LogP contribution in [-0.4, -0.2) is 30.6 Å². The lowest BCUT2D eigenvalue weighted by atomic mass is 10.1. The van der Waals surface area contributed by atoms with E-state index in [1.54, 1.807) is 0 Å². The molecule has 4 heteroatoms. The standard InChI is InChI=1S/C15H19ClN2O/c16-6-10-19-9-2-7-17-12-13-4-5-15-14(11-13)3-1-8-18-15/h1,3-5,8,11,17H,2,6-7,9-10,12H2. The molecule has 0 bridgehead atoms. The number of fused-ring (bicyclic) bond motifs is 1. The van der Waals surface area contributed by atoms with Crippen LogP contribution in [0.1, 0.15) is 12.0 Å². The zero-order valence-corrected chi connectivity index (χ0v) is 11.7. The van der Waals surface area contributed by atoms with Crippen LogP contribution >= 0.6 is 11.6 Å². The summed E-state index contributed by atoms with van der Waals surface area (Å²) in [5.74, 6) is 0.568. The number of hydrogen-bond donors (Lipinski definition) is 1. The number of rotatable bonds is 8. The zero-order chi connectivity index (χ0) is 13.3. The molecule has 1 aromatic carbocycles. The number of nitrogens with zero attached hydrogens (tertiary/aromatic N) is 1. The Labute approximate surface area is 118 Å². The highest BCUT2D eigenvalue weighted by molar-refractivity contribution is 6.17. The topological polar surface area (TPSA) is 34.1 Å². The number of hydrogen-bond acceptors (Lipinski definition) is 3. The van der Waals surface area contributed by atoms with Gasteiger partial charge in [0.2, 0.25) is 0 Å². The second kappa shape index (κ2) is 8.10. The first-order valence-electron chi connectivity index (χ1n) is 6.58. The van der Waals surface area contributed by atoms with Gasteiger partial charge in [0.25, 0.3) is 0 Å². The molecule has 1 aromatic heterocycles. The van der Waals surface area contributed by atoms with E-state index < -0.39 is 0 Å². The van der Waals surface area contributed by atoms with Gasteiger partial charge in [-0.1, -0.05) is 12.1 Å². The first-order chi connectivity index (χ1) is 9.40. The first-order valence-corrected chi connectivity index (χ1v) is 7.11. The molecule has 1 heterocycles. The van der Waals surface area contributed by atoms with E-state index in [2.05, 4.69) is 34.6 Å². The lowest BCUT2D eigenvalue weighted by Gasteiger charge is -2.06. The van der Waals surface area contributed by atoms with Crippen LogP contribution in [0.3, 0.4) is 0 Å². The van der Waals surface area contributed by atoms with Crippen molar-refractivity contribution in [1.82, 2.24) is 10.3 Å². The number of nitrogens with one attached hydrogen (secondary N) is 1. The van der Waals surface area contributed by atoms with Gasteiger partial charge in [0.15, 0.2) is 0 Å². The molecule has 0 unspecified atom stereocenters. The molecular weight excluding hydrogens is 260 g/mol. The van der Waals surface area contributed by atoms with Crippen molar-refractivity contribution < 1.29 is 4.74 Å². The summed E-state index contributed by atoms with van der Waals surface area (Å²) in [5, 5.41) is 4.60. The van der Waals surface area contributed by atoms with Crippen LogP contribution in [0.25, 0.3) is 10.9 Å². The molecular formula is C15H19ClN2O. The first kappa shape index (κ1) is 14.3. The second-order valence-electron chi connectivity index (χ2n) is 4.36. The van der Waals surface area contributed by atoms with Crippen LogP contribution in [0.2, 0.25) is 0 Å². The summed E-state index contributed by atoms with van der Waals surface area (Å²) >= 11 is 5.52. The van der Waals surface area contributed by atoms with Gasteiger partial charge >= 0.3 is 0 Å². The van der Waals surface area contributed by atoms with Crippen molar-refractivity contribution in [2.75, 3.05) is 25.6 Å². The average Bonchev–Trinajstić information content (AvgIpc) is 2.46. The molecule has 3 nitrogen and oxygen atoms in total. The highest BCUT2D eigenvalue weighted by atomic mass is 35.5.